The molecule has 0 saturated carbocycles. The number of anilines is 1. The summed E-state index contributed by atoms with van der Waals surface area (Å²) < 4.78 is 33.0. The van der Waals surface area contributed by atoms with Crippen molar-refractivity contribution in [3.8, 4) is 22.6 Å². The van der Waals surface area contributed by atoms with Crippen molar-refractivity contribution >= 4 is 23.4 Å². The number of halogens is 2. The molecule has 0 aliphatic heterocycles. The quantitative estimate of drug-likeness (QED) is 0.265. The van der Waals surface area contributed by atoms with Crippen LogP contribution in [0, 0.1) is 11.6 Å². The van der Waals surface area contributed by atoms with Gasteiger partial charge in [-0.15, -0.1) is 11.8 Å². The number of hydrogen-bond donors (Lipinski definition) is 1. The lowest BCUT2D eigenvalue weighted by Crippen LogP contribution is -2.14. The Morgan fingerprint density at radius 1 is 0.882 bits per heavy atom. The largest absolute Gasteiger partial charge is 0.457 e. The van der Waals surface area contributed by atoms with Crippen LogP contribution in [0.1, 0.15) is 12.5 Å². The molecule has 3 nitrogen and oxygen atoms in total. The second-order valence-corrected chi connectivity index (χ2v) is 8.89. The van der Waals surface area contributed by atoms with Crippen molar-refractivity contribution in [2.24, 2.45) is 0 Å². The topological polar surface area (TPSA) is 38.3 Å². The second-order valence-electron chi connectivity index (χ2n) is 7.56. The van der Waals surface area contributed by atoms with E-state index >= 15 is 0 Å². The average molecular weight is 476 g/mol. The molecule has 172 valence electrons. The molecule has 0 heterocycles. The molecule has 0 fully saturated rings. The molecule has 0 radical (unpaired) electrons. The normalized spacial score (nSPS) is 10.7. The molecule has 0 aliphatic carbocycles. The SMILES string of the molecule is CCSc1ccc(CC(=O)Nc2ccc(-c3ccccc3)c(Oc3ccc(F)c(F)c3)c2)cc1. The molecule has 4 aromatic rings. The van der Waals surface area contributed by atoms with Gasteiger partial charge in [-0.3, -0.25) is 4.79 Å². The van der Waals surface area contributed by atoms with E-state index in [0.717, 1.165) is 34.6 Å². The highest BCUT2D eigenvalue weighted by molar-refractivity contribution is 7.99. The zero-order chi connectivity index (χ0) is 23.9. The van der Waals surface area contributed by atoms with Crippen molar-refractivity contribution in [1.29, 1.82) is 0 Å². The molecule has 0 saturated heterocycles. The molecule has 6 heteroatoms. The monoisotopic (exact) mass is 475 g/mol. The minimum Gasteiger partial charge on any atom is -0.457 e. The van der Waals surface area contributed by atoms with Gasteiger partial charge in [0.05, 0.1) is 6.42 Å². The van der Waals surface area contributed by atoms with E-state index in [1.807, 2.05) is 60.7 Å². The Labute approximate surface area is 201 Å². The lowest BCUT2D eigenvalue weighted by atomic mass is 10.0. The smallest absolute Gasteiger partial charge is 0.228 e. The highest BCUT2D eigenvalue weighted by Crippen LogP contribution is 2.36. The van der Waals surface area contributed by atoms with Crippen LogP contribution >= 0.6 is 11.8 Å². The fraction of sp³-hybridized carbons (Fsp3) is 0.107. The summed E-state index contributed by atoms with van der Waals surface area (Å²) in [6.07, 6.45) is 0.233. The summed E-state index contributed by atoms with van der Waals surface area (Å²) >= 11 is 1.75. The molecule has 0 aliphatic rings. The summed E-state index contributed by atoms with van der Waals surface area (Å²) in [6.45, 7) is 2.10. The maximum atomic E-state index is 13.7. The molecule has 1 amide bonds. The number of hydrogen-bond acceptors (Lipinski definition) is 3. The minimum atomic E-state index is -0.994. The summed E-state index contributed by atoms with van der Waals surface area (Å²) in [7, 11) is 0. The molecule has 4 aromatic carbocycles. The molecule has 34 heavy (non-hydrogen) atoms. The molecular formula is C28H23F2NO2S. The number of thioether (sulfide) groups is 1. The highest BCUT2D eigenvalue weighted by Gasteiger charge is 2.13. The van der Waals surface area contributed by atoms with E-state index in [0.29, 0.717) is 11.4 Å². The number of nitrogens with one attached hydrogen (secondary N) is 1. The standard InChI is InChI=1S/C28H23F2NO2S/c1-2-34-23-12-8-19(9-13-23)16-28(32)31-21-10-14-24(20-6-4-3-5-7-20)27(17-21)33-22-11-15-25(29)26(30)18-22/h3-15,17-18H,2,16H2,1H3,(H,31,32). The van der Waals surface area contributed by atoms with Crippen LogP contribution < -0.4 is 10.1 Å². The highest BCUT2D eigenvalue weighted by atomic mass is 32.2. The Kier molecular flexibility index (Phi) is 7.60. The van der Waals surface area contributed by atoms with Crippen LogP contribution in [-0.4, -0.2) is 11.7 Å². The maximum Gasteiger partial charge on any atom is 0.228 e. The van der Waals surface area contributed by atoms with Gasteiger partial charge in [0.2, 0.25) is 5.91 Å². The Bertz CT molecular complexity index is 1280. The van der Waals surface area contributed by atoms with E-state index in [1.54, 1.807) is 23.9 Å². The van der Waals surface area contributed by atoms with Crippen LogP contribution in [0.15, 0.2) is 95.9 Å². The van der Waals surface area contributed by atoms with Crippen molar-refractivity contribution in [2.45, 2.75) is 18.2 Å². The summed E-state index contributed by atoms with van der Waals surface area (Å²) in [5, 5.41) is 2.90. The number of ether oxygens (including phenoxy) is 1. The lowest BCUT2D eigenvalue weighted by Gasteiger charge is -2.14. The molecule has 0 aromatic heterocycles. The summed E-state index contributed by atoms with van der Waals surface area (Å²) in [5.74, 6) is -0.541. The Balaban J connectivity index is 1.56. The number of amides is 1. The van der Waals surface area contributed by atoms with Crippen LogP contribution in [0.2, 0.25) is 0 Å². The van der Waals surface area contributed by atoms with E-state index < -0.39 is 11.6 Å². The van der Waals surface area contributed by atoms with E-state index in [2.05, 4.69) is 12.2 Å². The summed E-state index contributed by atoms with van der Waals surface area (Å²) in [6, 6.07) is 26.2. The third-order valence-electron chi connectivity index (χ3n) is 5.07. The Hall–Kier alpha value is -3.64. The van der Waals surface area contributed by atoms with Crippen molar-refractivity contribution in [3.05, 3.63) is 108 Å². The molecule has 1 N–H and O–H groups in total. The van der Waals surface area contributed by atoms with Crippen molar-refractivity contribution in [2.75, 3.05) is 11.1 Å². The van der Waals surface area contributed by atoms with Gasteiger partial charge >= 0.3 is 0 Å². The number of carbonyl (C=O) groups is 1. The predicted octanol–water partition coefficient (Wildman–Crippen LogP) is 7.72. The van der Waals surface area contributed by atoms with Crippen molar-refractivity contribution < 1.29 is 18.3 Å². The van der Waals surface area contributed by atoms with Crippen LogP contribution in [0.3, 0.4) is 0 Å². The van der Waals surface area contributed by atoms with Gasteiger partial charge in [0, 0.05) is 28.3 Å². The second kappa shape index (κ2) is 11.0. The van der Waals surface area contributed by atoms with E-state index in [-0.39, 0.29) is 18.1 Å². The number of benzene rings is 4. The summed E-state index contributed by atoms with van der Waals surface area (Å²) in [4.78, 5) is 13.8. The van der Waals surface area contributed by atoms with Crippen molar-refractivity contribution in [1.82, 2.24) is 0 Å². The average Bonchev–Trinajstić information content (AvgIpc) is 2.84. The fourth-order valence-electron chi connectivity index (χ4n) is 3.47. The van der Waals surface area contributed by atoms with Gasteiger partial charge in [-0.1, -0.05) is 49.4 Å². The van der Waals surface area contributed by atoms with Gasteiger partial charge in [0.25, 0.3) is 0 Å². The molecule has 0 atom stereocenters. The number of carbonyl (C=O) groups excluding carboxylic acids is 1. The van der Waals surface area contributed by atoms with E-state index in [4.69, 9.17) is 4.74 Å². The Morgan fingerprint density at radius 2 is 1.65 bits per heavy atom. The van der Waals surface area contributed by atoms with Crippen LogP contribution in [-0.2, 0) is 11.2 Å². The lowest BCUT2D eigenvalue weighted by molar-refractivity contribution is -0.115. The van der Waals surface area contributed by atoms with Gasteiger partial charge in [-0.05, 0) is 53.3 Å². The Morgan fingerprint density at radius 3 is 2.35 bits per heavy atom. The van der Waals surface area contributed by atoms with Crippen LogP contribution in [0.25, 0.3) is 11.1 Å². The zero-order valence-electron chi connectivity index (χ0n) is 18.6. The van der Waals surface area contributed by atoms with Gasteiger partial charge < -0.3 is 10.1 Å². The molecule has 0 bridgehead atoms. The summed E-state index contributed by atoms with van der Waals surface area (Å²) in [5.41, 5.74) is 3.10. The number of rotatable bonds is 8. The first-order valence-electron chi connectivity index (χ1n) is 10.9. The van der Waals surface area contributed by atoms with Gasteiger partial charge in [-0.2, -0.15) is 0 Å². The van der Waals surface area contributed by atoms with E-state index in [9.17, 15) is 13.6 Å². The van der Waals surface area contributed by atoms with Crippen molar-refractivity contribution in [3.63, 3.8) is 0 Å². The fourth-order valence-corrected chi connectivity index (χ4v) is 4.13. The van der Waals surface area contributed by atoms with Crippen LogP contribution in [0.4, 0.5) is 14.5 Å². The molecule has 0 spiro atoms. The third-order valence-corrected chi connectivity index (χ3v) is 5.96. The molecular weight excluding hydrogens is 452 g/mol. The first-order valence-corrected chi connectivity index (χ1v) is 11.8. The predicted molar refractivity (Wildman–Crippen MR) is 133 cm³/mol. The minimum absolute atomic E-state index is 0.157. The zero-order valence-corrected chi connectivity index (χ0v) is 19.4. The molecule has 4 rings (SSSR count). The first-order chi connectivity index (χ1) is 16.5. The maximum absolute atomic E-state index is 13.7. The first kappa shape index (κ1) is 23.5. The molecule has 0 unspecified atom stereocenters. The van der Waals surface area contributed by atoms with Crippen LogP contribution in [0.5, 0.6) is 11.5 Å². The van der Waals surface area contributed by atoms with Gasteiger partial charge in [-0.25, -0.2) is 8.78 Å². The third kappa shape index (κ3) is 6.02. The van der Waals surface area contributed by atoms with E-state index in [1.165, 1.54) is 11.0 Å². The van der Waals surface area contributed by atoms with Gasteiger partial charge in [0.15, 0.2) is 11.6 Å². The van der Waals surface area contributed by atoms with Gasteiger partial charge in [0.1, 0.15) is 11.5 Å².